The highest BCUT2D eigenvalue weighted by atomic mass is 35.5. The summed E-state index contributed by atoms with van der Waals surface area (Å²) in [5.41, 5.74) is 6.32. The van der Waals surface area contributed by atoms with Gasteiger partial charge < -0.3 is 30.2 Å². The number of carbonyl (C=O) groups is 2. The van der Waals surface area contributed by atoms with E-state index in [0.717, 1.165) is 48.7 Å². The number of anilines is 4. The van der Waals surface area contributed by atoms with Crippen molar-refractivity contribution in [2.24, 2.45) is 0 Å². The van der Waals surface area contributed by atoms with E-state index in [1.165, 1.54) is 0 Å². The number of hydrogen-bond donors (Lipinski definition) is 2. The predicted octanol–water partition coefficient (Wildman–Crippen LogP) is 6.44. The largest absolute Gasteiger partial charge is 0.371 e. The average Bonchev–Trinajstić information content (AvgIpc) is 2.97. The van der Waals surface area contributed by atoms with Gasteiger partial charge in [-0.3, -0.25) is 9.59 Å². The average molecular weight is 642 g/mol. The van der Waals surface area contributed by atoms with Gasteiger partial charge in [-0.2, -0.15) is 0 Å². The third-order valence-corrected chi connectivity index (χ3v) is 7.40. The zero-order chi connectivity index (χ0) is 32.2. The summed E-state index contributed by atoms with van der Waals surface area (Å²) in [4.78, 5) is 35.4. The normalized spacial score (nSPS) is 11.1. The van der Waals surface area contributed by atoms with Crippen LogP contribution in [-0.2, 0) is 13.1 Å². The predicted molar refractivity (Wildman–Crippen MR) is 187 cm³/mol. The highest BCUT2D eigenvalue weighted by Gasteiger charge is 2.15. The number of hydrogen-bond acceptors (Lipinski definition) is 6. The van der Waals surface area contributed by atoms with Crippen LogP contribution in [0.1, 0.15) is 45.7 Å². The standard InChI is InChI=1S/C34H46Cl2N6O2/c1-7-41(14-12-35)31-18-25(23-39(3)4)16-29(21-31)37-33(43)27-10-9-11-28(20-27)34(44)38-30-17-26(24-40(5)6)19-32(22-30)42(8-2)15-13-36/h9-11,16-22H,7-8,12-15,23-24H2,1-6H3,(H,37,43)(H,38,44). The maximum absolute atomic E-state index is 13.4. The highest BCUT2D eigenvalue weighted by Crippen LogP contribution is 2.26. The van der Waals surface area contributed by atoms with Crippen molar-refractivity contribution in [2.45, 2.75) is 26.9 Å². The second kappa shape index (κ2) is 17.3. The Bertz CT molecular complexity index is 1300. The van der Waals surface area contributed by atoms with Crippen molar-refractivity contribution in [1.82, 2.24) is 9.80 Å². The summed E-state index contributed by atoms with van der Waals surface area (Å²) in [5, 5.41) is 6.09. The van der Waals surface area contributed by atoms with Gasteiger partial charge >= 0.3 is 0 Å². The Labute approximate surface area is 272 Å². The van der Waals surface area contributed by atoms with Gasteiger partial charge in [0.05, 0.1) is 0 Å². The van der Waals surface area contributed by atoms with Gasteiger partial charge in [0, 0.05) is 84.9 Å². The topological polar surface area (TPSA) is 71.2 Å². The monoisotopic (exact) mass is 640 g/mol. The van der Waals surface area contributed by atoms with E-state index in [9.17, 15) is 9.59 Å². The molecule has 2 amide bonds. The highest BCUT2D eigenvalue weighted by molar-refractivity contribution is 6.18. The summed E-state index contributed by atoms with van der Waals surface area (Å²) in [6.45, 7) is 8.62. The first kappa shape index (κ1) is 35.2. The first-order chi connectivity index (χ1) is 21.1. The molecule has 0 atom stereocenters. The van der Waals surface area contributed by atoms with Crippen LogP contribution >= 0.6 is 23.2 Å². The van der Waals surface area contributed by atoms with E-state index in [0.29, 0.717) is 47.4 Å². The number of nitrogens with zero attached hydrogens (tertiary/aromatic N) is 4. The van der Waals surface area contributed by atoms with Crippen LogP contribution in [0.15, 0.2) is 60.7 Å². The first-order valence-electron chi connectivity index (χ1n) is 15.0. The van der Waals surface area contributed by atoms with Gasteiger partial charge in [0.1, 0.15) is 0 Å². The van der Waals surface area contributed by atoms with Crippen LogP contribution in [0.5, 0.6) is 0 Å². The van der Waals surface area contributed by atoms with Crippen molar-refractivity contribution in [2.75, 3.05) is 86.6 Å². The summed E-state index contributed by atoms with van der Waals surface area (Å²) in [6.07, 6.45) is 0. The third kappa shape index (κ3) is 10.4. The van der Waals surface area contributed by atoms with Crippen LogP contribution in [0, 0.1) is 0 Å². The number of nitrogens with one attached hydrogen (secondary N) is 2. The molecule has 2 N–H and O–H groups in total. The van der Waals surface area contributed by atoms with Gasteiger partial charge in [-0.1, -0.05) is 6.07 Å². The van der Waals surface area contributed by atoms with Crippen molar-refractivity contribution in [3.8, 4) is 0 Å². The quantitative estimate of drug-likeness (QED) is 0.176. The number of amides is 2. The maximum Gasteiger partial charge on any atom is 0.255 e. The zero-order valence-corrected chi connectivity index (χ0v) is 28.3. The molecule has 0 aliphatic carbocycles. The van der Waals surface area contributed by atoms with Gasteiger partial charge in [0.2, 0.25) is 0 Å². The summed E-state index contributed by atoms with van der Waals surface area (Å²) in [5.74, 6) is 0.438. The Morgan fingerprint density at radius 2 is 1.05 bits per heavy atom. The zero-order valence-electron chi connectivity index (χ0n) is 26.8. The summed E-state index contributed by atoms with van der Waals surface area (Å²) < 4.78 is 0. The van der Waals surface area contributed by atoms with Crippen LogP contribution < -0.4 is 20.4 Å². The van der Waals surface area contributed by atoms with E-state index in [2.05, 4.69) is 56.2 Å². The molecular formula is C34H46Cl2N6O2. The summed E-state index contributed by atoms with van der Waals surface area (Å²) >= 11 is 12.1. The Balaban J connectivity index is 1.85. The fourth-order valence-corrected chi connectivity index (χ4v) is 5.53. The van der Waals surface area contributed by atoms with Crippen molar-refractivity contribution < 1.29 is 9.59 Å². The Hall–Kier alpha value is -3.30. The molecule has 0 aliphatic heterocycles. The molecule has 8 nitrogen and oxygen atoms in total. The van der Waals surface area contributed by atoms with Crippen LogP contribution in [0.4, 0.5) is 22.7 Å². The van der Waals surface area contributed by atoms with Crippen molar-refractivity contribution >= 4 is 57.8 Å². The van der Waals surface area contributed by atoms with E-state index < -0.39 is 0 Å². The van der Waals surface area contributed by atoms with Gasteiger partial charge in [0.25, 0.3) is 11.8 Å². The van der Waals surface area contributed by atoms with Gasteiger partial charge in [-0.05, 0) is 108 Å². The van der Waals surface area contributed by atoms with Crippen LogP contribution in [0.25, 0.3) is 0 Å². The lowest BCUT2D eigenvalue weighted by Gasteiger charge is -2.24. The van der Waals surface area contributed by atoms with E-state index in [4.69, 9.17) is 23.2 Å². The third-order valence-electron chi connectivity index (χ3n) is 7.06. The molecule has 44 heavy (non-hydrogen) atoms. The SMILES string of the molecule is CCN(CCCl)c1cc(CN(C)C)cc(NC(=O)c2cccc(C(=O)Nc3cc(CN(C)C)cc(N(CC)CCCl)c3)c2)c1. The van der Waals surface area contributed by atoms with Crippen LogP contribution in [0.2, 0.25) is 0 Å². The maximum atomic E-state index is 13.4. The Kier molecular flexibility index (Phi) is 13.8. The number of benzene rings is 3. The Morgan fingerprint density at radius 3 is 1.39 bits per heavy atom. The lowest BCUT2D eigenvalue weighted by atomic mass is 10.1. The second-order valence-corrected chi connectivity index (χ2v) is 12.0. The van der Waals surface area contributed by atoms with Gasteiger partial charge in [0.15, 0.2) is 0 Å². The summed E-state index contributed by atoms with van der Waals surface area (Å²) in [7, 11) is 8.04. The van der Waals surface area contributed by atoms with Gasteiger partial charge in [-0.15, -0.1) is 23.2 Å². The van der Waals surface area contributed by atoms with E-state index in [1.807, 2.05) is 52.5 Å². The number of carbonyl (C=O) groups excluding carboxylic acids is 2. The van der Waals surface area contributed by atoms with Crippen molar-refractivity contribution in [1.29, 1.82) is 0 Å². The molecule has 0 bridgehead atoms. The lowest BCUT2D eigenvalue weighted by Crippen LogP contribution is -2.25. The van der Waals surface area contributed by atoms with E-state index >= 15 is 0 Å². The first-order valence-corrected chi connectivity index (χ1v) is 16.1. The Morgan fingerprint density at radius 1 is 0.636 bits per heavy atom. The molecule has 0 radical (unpaired) electrons. The molecule has 0 aromatic heterocycles. The molecule has 3 rings (SSSR count). The molecule has 0 saturated heterocycles. The van der Waals surface area contributed by atoms with Crippen LogP contribution in [-0.4, -0.2) is 87.7 Å². The molecule has 0 spiro atoms. The smallest absolute Gasteiger partial charge is 0.255 e. The molecule has 3 aromatic carbocycles. The minimum atomic E-state index is -0.289. The molecule has 3 aromatic rings. The number of halogens is 2. The van der Waals surface area contributed by atoms with Crippen molar-refractivity contribution in [3.63, 3.8) is 0 Å². The number of rotatable bonds is 16. The fraction of sp³-hybridized carbons (Fsp3) is 0.412. The van der Waals surface area contributed by atoms with Crippen molar-refractivity contribution in [3.05, 3.63) is 82.9 Å². The molecule has 238 valence electrons. The molecule has 10 heteroatoms. The minimum absolute atomic E-state index is 0.289. The molecule has 0 unspecified atom stereocenters. The van der Waals surface area contributed by atoms with E-state index in [-0.39, 0.29) is 11.8 Å². The lowest BCUT2D eigenvalue weighted by molar-refractivity contribution is 0.102. The summed E-state index contributed by atoms with van der Waals surface area (Å²) in [6, 6.07) is 18.9. The molecular weight excluding hydrogens is 595 g/mol. The van der Waals surface area contributed by atoms with E-state index in [1.54, 1.807) is 24.3 Å². The molecule has 0 saturated carbocycles. The van der Waals surface area contributed by atoms with Crippen LogP contribution in [0.3, 0.4) is 0 Å². The second-order valence-electron chi connectivity index (χ2n) is 11.3. The van der Waals surface area contributed by atoms with Gasteiger partial charge in [-0.25, -0.2) is 0 Å². The molecule has 0 heterocycles. The molecule has 0 fully saturated rings. The minimum Gasteiger partial charge on any atom is -0.371 e. The fourth-order valence-electron chi connectivity index (χ4n) is 5.12. The molecule has 0 aliphatic rings. The number of alkyl halides is 2.